The molecule has 74 valence electrons. The normalized spacial score (nSPS) is 31.3. The van der Waals surface area contributed by atoms with Crippen LogP contribution in [0.1, 0.15) is 6.92 Å². The van der Waals surface area contributed by atoms with Gasteiger partial charge >= 0.3 is 0 Å². The molecule has 2 unspecified atom stereocenters. The van der Waals surface area contributed by atoms with Crippen molar-refractivity contribution in [3.8, 4) is 0 Å². The van der Waals surface area contributed by atoms with E-state index in [1.54, 1.807) is 0 Å². The maximum absolute atomic E-state index is 10.7. The Morgan fingerprint density at radius 3 is 3.21 bits per heavy atom. The second-order valence-electron chi connectivity index (χ2n) is 3.55. The standard InChI is InChI=1S/C10H11BrN2O/c1-6(5-14)10-8-4-7(11)2-3-9(8)12-13-10/h2-6,8-9,12H,1H3/t6?,8-,9?/m0/s1. The van der Waals surface area contributed by atoms with E-state index in [0.717, 1.165) is 16.5 Å². The molecular weight excluding hydrogens is 244 g/mol. The molecule has 0 fully saturated rings. The smallest absolute Gasteiger partial charge is 0.128 e. The number of nitrogens with zero attached hydrogens (tertiary/aromatic N) is 1. The quantitative estimate of drug-likeness (QED) is 0.762. The molecule has 0 aromatic heterocycles. The molecular formula is C10H11BrN2O. The van der Waals surface area contributed by atoms with Crippen molar-refractivity contribution in [2.24, 2.45) is 16.9 Å². The van der Waals surface area contributed by atoms with Crippen LogP contribution in [0.5, 0.6) is 0 Å². The van der Waals surface area contributed by atoms with Crippen LogP contribution in [0.3, 0.4) is 0 Å². The summed E-state index contributed by atoms with van der Waals surface area (Å²) in [7, 11) is 0. The van der Waals surface area contributed by atoms with Crippen molar-refractivity contribution in [1.29, 1.82) is 0 Å². The number of fused-ring (bicyclic) bond motifs is 1. The van der Waals surface area contributed by atoms with E-state index in [1.807, 2.05) is 13.0 Å². The van der Waals surface area contributed by atoms with Crippen LogP contribution in [-0.4, -0.2) is 18.0 Å². The molecule has 3 atom stereocenters. The van der Waals surface area contributed by atoms with Gasteiger partial charge in [-0.25, -0.2) is 0 Å². The summed E-state index contributed by atoms with van der Waals surface area (Å²) < 4.78 is 1.05. The molecule has 2 rings (SSSR count). The third kappa shape index (κ3) is 1.54. The van der Waals surface area contributed by atoms with E-state index in [0.29, 0.717) is 0 Å². The lowest BCUT2D eigenvalue weighted by Crippen LogP contribution is -2.30. The van der Waals surface area contributed by atoms with Crippen LogP contribution in [-0.2, 0) is 4.79 Å². The van der Waals surface area contributed by atoms with Gasteiger partial charge in [-0.3, -0.25) is 0 Å². The molecule has 2 aliphatic rings. The number of hydrogen-bond acceptors (Lipinski definition) is 3. The minimum Gasteiger partial charge on any atom is -0.303 e. The number of carbonyl (C=O) groups is 1. The number of halogens is 1. The molecule has 0 aromatic carbocycles. The highest BCUT2D eigenvalue weighted by atomic mass is 79.9. The van der Waals surface area contributed by atoms with E-state index in [-0.39, 0.29) is 17.9 Å². The topological polar surface area (TPSA) is 41.5 Å². The monoisotopic (exact) mass is 254 g/mol. The summed E-state index contributed by atoms with van der Waals surface area (Å²) >= 11 is 3.43. The van der Waals surface area contributed by atoms with Crippen LogP contribution in [0.2, 0.25) is 0 Å². The van der Waals surface area contributed by atoms with Gasteiger partial charge < -0.3 is 10.2 Å². The third-order valence-corrected chi connectivity index (χ3v) is 3.07. The van der Waals surface area contributed by atoms with E-state index in [1.165, 1.54) is 0 Å². The first-order valence-corrected chi connectivity index (χ1v) is 5.35. The Balaban J connectivity index is 2.24. The Morgan fingerprint density at radius 1 is 1.71 bits per heavy atom. The van der Waals surface area contributed by atoms with Gasteiger partial charge in [-0.2, -0.15) is 5.10 Å². The number of nitrogens with one attached hydrogen (secondary N) is 1. The molecule has 0 saturated carbocycles. The van der Waals surface area contributed by atoms with Gasteiger partial charge in [-0.05, 0) is 0 Å². The maximum atomic E-state index is 10.7. The van der Waals surface area contributed by atoms with E-state index < -0.39 is 0 Å². The zero-order valence-electron chi connectivity index (χ0n) is 7.77. The number of allylic oxidation sites excluding steroid dienone is 2. The summed E-state index contributed by atoms with van der Waals surface area (Å²) in [6.45, 7) is 1.87. The summed E-state index contributed by atoms with van der Waals surface area (Å²) in [5.41, 5.74) is 3.94. The second-order valence-corrected chi connectivity index (χ2v) is 4.47. The Labute approximate surface area is 91.1 Å². The number of carbonyl (C=O) groups excluding carboxylic acids is 1. The summed E-state index contributed by atoms with van der Waals surface area (Å²) in [6, 6.07) is 0.216. The minimum absolute atomic E-state index is 0.111. The van der Waals surface area contributed by atoms with Crippen molar-refractivity contribution in [1.82, 2.24) is 5.43 Å². The van der Waals surface area contributed by atoms with Crippen LogP contribution in [0, 0.1) is 11.8 Å². The molecule has 0 radical (unpaired) electrons. The van der Waals surface area contributed by atoms with Crippen LogP contribution in [0.25, 0.3) is 0 Å². The average Bonchev–Trinajstić information content (AvgIpc) is 2.59. The molecule has 4 heteroatoms. The molecule has 14 heavy (non-hydrogen) atoms. The second kappa shape index (κ2) is 3.69. The van der Waals surface area contributed by atoms with Crippen LogP contribution in [0.15, 0.2) is 27.8 Å². The predicted octanol–water partition coefficient (Wildman–Crippen LogP) is 1.61. The fraction of sp³-hybridized carbons (Fsp3) is 0.400. The molecule has 0 amide bonds. The average molecular weight is 255 g/mol. The van der Waals surface area contributed by atoms with Crippen molar-refractivity contribution in [2.75, 3.05) is 0 Å². The van der Waals surface area contributed by atoms with Crippen molar-refractivity contribution in [3.63, 3.8) is 0 Å². The van der Waals surface area contributed by atoms with Crippen LogP contribution < -0.4 is 5.43 Å². The van der Waals surface area contributed by atoms with Crippen molar-refractivity contribution in [2.45, 2.75) is 13.0 Å². The third-order valence-electron chi connectivity index (χ3n) is 2.54. The van der Waals surface area contributed by atoms with Crippen molar-refractivity contribution < 1.29 is 4.79 Å². The first-order chi connectivity index (χ1) is 6.72. The van der Waals surface area contributed by atoms with Crippen molar-refractivity contribution >= 4 is 27.9 Å². The fourth-order valence-corrected chi connectivity index (χ4v) is 2.17. The summed E-state index contributed by atoms with van der Waals surface area (Å²) in [4.78, 5) is 10.7. The van der Waals surface area contributed by atoms with Gasteiger partial charge in [0.05, 0.1) is 17.7 Å². The van der Waals surface area contributed by atoms with Gasteiger partial charge in [0.2, 0.25) is 0 Å². The number of aldehydes is 1. The van der Waals surface area contributed by atoms with E-state index in [9.17, 15) is 4.79 Å². The molecule has 1 N–H and O–H groups in total. The SMILES string of the molecule is CC(C=O)C1=NNC2C=CC(Br)=C[C@H]12. The highest BCUT2D eigenvalue weighted by Crippen LogP contribution is 2.27. The number of hydrazone groups is 1. The van der Waals surface area contributed by atoms with E-state index in [4.69, 9.17) is 0 Å². The fourth-order valence-electron chi connectivity index (χ4n) is 1.74. The number of rotatable bonds is 2. The van der Waals surface area contributed by atoms with Crippen molar-refractivity contribution in [3.05, 3.63) is 22.7 Å². The Hall–Kier alpha value is -0.900. The molecule has 1 heterocycles. The summed E-state index contributed by atoms with van der Waals surface area (Å²) in [5, 5.41) is 4.20. The van der Waals surface area contributed by atoms with Gasteiger partial charge in [0.15, 0.2) is 0 Å². The zero-order valence-corrected chi connectivity index (χ0v) is 9.36. The Kier molecular flexibility index (Phi) is 2.54. The number of hydrogen-bond donors (Lipinski definition) is 1. The first-order valence-electron chi connectivity index (χ1n) is 4.56. The molecule has 0 spiro atoms. The first kappa shape index (κ1) is 9.65. The summed E-state index contributed by atoms with van der Waals surface area (Å²) in [6.07, 6.45) is 7.08. The Bertz CT molecular complexity index is 346. The van der Waals surface area contributed by atoms with Crippen LogP contribution >= 0.6 is 15.9 Å². The lowest BCUT2D eigenvalue weighted by molar-refractivity contribution is -0.109. The molecule has 0 aromatic rings. The molecule has 0 bridgehead atoms. The minimum atomic E-state index is -0.111. The molecule has 1 aliphatic heterocycles. The van der Waals surface area contributed by atoms with E-state index in [2.05, 4.69) is 38.6 Å². The molecule has 3 nitrogen and oxygen atoms in total. The zero-order chi connectivity index (χ0) is 10.1. The van der Waals surface area contributed by atoms with Gasteiger partial charge in [0.25, 0.3) is 0 Å². The van der Waals surface area contributed by atoms with Gasteiger partial charge in [0, 0.05) is 10.4 Å². The lowest BCUT2D eigenvalue weighted by Gasteiger charge is -2.18. The predicted molar refractivity (Wildman–Crippen MR) is 59.2 cm³/mol. The highest BCUT2D eigenvalue weighted by molar-refractivity contribution is 9.11. The Morgan fingerprint density at radius 2 is 2.50 bits per heavy atom. The van der Waals surface area contributed by atoms with Gasteiger partial charge in [-0.1, -0.05) is 41.1 Å². The van der Waals surface area contributed by atoms with Crippen LogP contribution in [0.4, 0.5) is 0 Å². The lowest BCUT2D eigenvalue weighted by atomic mass is 9.87. The van der Waals surface area contributed by atoms with Gasteiger partial charge in [-0.15, -0.1) is 0 Å². The summed E-state index contributed by atoms with van der Waals surface area (Å²) in [5.74, 6) is 0.107. The molecule has 1 aliphatic carbocycles. The van der Waals surface area contributed by atoms with E-state index >= 15 is 0 Å². The molecule has 0 saturated heterocycles. The highest BCUT2D eigenvalue weighted by Gasteiger charge is 2.32. The maximum Gasteiger partial charge on any atom is 0.128 e. The largest absolute Gasteiger partial charge is 0.303 e. The van der Waals surface area contributed by atoms with Gasteiger partial charge in [0.1, 0.15) is 6.29 Å².